The van der Waals surface area contributed by atoms with Crippen molar-refractivity contribution in [2.75, 3.05) is 6.61 Å². The van der Waals surface area contributed by atoms with Crippen molar-refractivity contribution in [3.63, 3.8) is 0 Å². The number of alkyl halides is 1. The summed E-state index contributed by atoms with van der Waals surface area (Å²) in [5, 5.41) is 0. The highest BCUT2D eigenvalue weighted by Crippen LogP contribution is 2.19. The van der Waals surface area contributed by atoms with Gasteiger partial charge in [0.2, 0.25) is 5.56 Å². The largest absolute Gasteiger partial charge is 0.440 e. The lowest BCUT2D eigenvalue weighted by atomic mass is 10.5. The first-order valence-electron chi connectivity index (χ1n) is 2.83. The van der Waals surface area contributed by atoms with Crippen molar-refractivity contribution in [1.29, 1.82) is 0 Å². The van der Waals surface area contributed by atoms with Gasteiger partial charge < -0.3 is 9.47 Å². The number of hydrogen-bond donors (Lipinski definition) is 0. The first-order valence-corrected chi connectivity index (χ1v) is 3.26. The van der Waals surface area contributed by atoms with Gasteiger partial charge in [-0.05, 0) is 0 Å². The van der Waals surface area contributed by atoms with E-state index in [1.165, 1.54) is 0 Å². The van der Waals surface area contributed by atoms with Crippen molar-refractivity contribution in [3.8, 4) is 0 Å². The maximum Gasteiger partial charge on any atom is 0.331 e. The van der Waals surface area contributed by atoms with E-state index in [0.29, 0.717) is 6.61 Å². The van der Waals surface area contributed by atoms with Gasteiger partial charge >= 0.3 is 5.97 Å². The Morgan fingerprint density at radius 2 is 2.60 bits per heavy atom. The van der Waals surface area contributed by atoms with Crippen LogP contribution in [0.2, 0.25) is 0 Å². The van der Waals surface area contributed by atoms with Crippen LogP contribution in [-0.4, -0.2) is 24.2 Å². The topological polar surface area (TPSA) is 38.8 Å². The Balaban J connectivity index is 2.22. The summed E-state index contributed by atoms with van der Waals surface area (Å²) in [5.74, 6) is -0.518. The second kappa shape index (κ2) is 3.03. The van der Waals surface area contributed by atoms with Crippen LogP contribution in [0, 0.1) is 0 Å². The number of hydrogen-bond acceptors (Lipinski definition) is 3. The van der Waals surface area contributed by atoms with Crippen LogP contribution in [0.5, 0.6) is 0 Å². The third-order valence-electron chi connectivity index (χ3n) is 1.05. The molecule has 2 atom stereocenters. The van der Waals surface area contributed by atoms with Crippen molar-refractivity contribution >= 4 is 17.6 Å². The molecule has 0 aromatic rings. The van der Waals surface area contributed by atoms with E-state index in [9.17, 15) is 4.79 Å². The van der Waals surface area contributed by atoms with Crippen LogP contribution in [0.25, 0.3) is 0 Å². The van der Waals surface area contributed by atoms with E-state index >= 15 is 0 Å². The van der Waals surface area contributed by atoms with E-state index in [4.69, 9.17) is 16.3 Å². The molecule has 1 saturated heterocycles. The third-order valence-corrected chi connectivity index (χ3v) is 1.42. The molecule has 0 bridgehead atoms. The molecule has 1 rings (SSSR count). The normalized spacial score (nSPS) is 25.1. The van der Waals surface area contributed by atoms with Gasteiger partial charge in [0, 0.05) is 6.08 Å². The fourth-order valence-electron chi connectivity index (χ4n) is 0.442. The van der Waals surface area contributed by atoms with Crippen molar-refractivity contribution in [2.24, 2.45) is 0 Å². The standard InChI is InChI=1S/C6H7ClO3/c1-2-5(8)10-6(7)4-3-9-4/h2,4,6H,1,3H2. The molecule has 10 heavy (non-hydrogen) atoms. The maximum absolute atomic E-state index is 10.5. The molecular weight excluding hydrogens is 156 g/mol. The molecule has 0 spiro atoms. The van der Waals surface area contributed by atoms with E-state index in [0.717, 1.165) is 6.08 Å². The number of carbonyl (C=O) groups excluding carboxylic acids is 1. The molecule has 1 aliphatic rings. The number of rotatable bonds is 3. The smallest absolute Gasteiger partial charge is 0.331 e. The summed E-state index contributed by atoms with van der Waals surface area (Å²) in [6.45, 7) is 3.79. The third kappa shape index (κ3) is 2.01. The summed E-state index contributed by atoms with van der Waals surface area (Å²) in [7, 11) is 0. The molecule has 0 radical (unpaired) electrons. The predicted molar refractivity (Wildman–Crippen MR) is 35.7 cm³/mol. The molecule has 1 aliphatic heterocycles. The van der Waals surface area contributed by atoms with Gasteiger partial charge in [-0.2, -0.15) is 0 Å². The first-order chi connectivity index (χ1) is 4.74. The van der Waals surface area contributed by atoms with Gasteiger partial charge in [-0.25, -0.2) is 4.79 Å². The lowest BCUT2D eigenvalue weighted by Crippen LogP contribution is -2.15. The zero-order valence-corrected chi connectivity index (χ0v) is 6.00. The number of esters is 1. The summed E-state index contributed by atoms with van der Waals surface area (Å²) in [6.07, 6.45) is 0.947. The lowest BCUT2D eigenvalue weighted by molar-refractivity contribution is -0.140. The minimum absolute atomic E-state index is 0.120. The number of halogens is 1. The molecule has 0 aliphatic carbocycles. The van der Waals surface area contributed by atoms with Crippen molar-refractivity contribution in [1.82, 2.24) is 0 Å². The Kier molecular flexibility index (Phi) is 2.29. The van der Waals surface area contributed by atoms with Gasteiger partial charge in [0.25, 0.3) is 0 Å². The Morgan fingerprint density at radius 1 is 2.00 bits per heavy atom. The van der Waals surface area contributed by atoms with Gasteiger partial charge in [0.1, 0.15) is 6.10 Å². The minimum Gasteiger partial charge on any atom is -0.440 e. The number of ether oxygens (including phenoxy) is 2. The quantitative estimate of drug-likeness (QED) is 0.265. The Labute approximate surface area is 63.6 Å². The lowest BCUT2D eigenvalue weighted by Gasteiger charge is -2.04. The van der Waals surface area contributed by atoms with E-state index in [1.54, 1.807) is 0 Å². The molecule has 56 valence electrons. The molecule has 4 heteroatoms. The molecule has 0 aromatic heterocycles. The number of carbonyl (C=O) groups is 1. The second-order valence-corrected chi connectivity index (χ2v) is 2.29. The van der Waals surface area contributed by atoms with Crippen LogP contribution < -0.4 is 0 Å². The van der Waals surface area contributed by atoms with Crippen LogP contribution in [0.15, 0.2) is 12.7 Å². The summed E-state index contributed by atoms with van der Waals surface area (Å²) >= 11 is 5.54. The summed E-state index contributed by atoms with van der Waals surface area (Å²) in [4.78, 5) is 10.5. The van der Waals surface area contributed by atoms with E-state index in [-0.39, 0.29) is 6.10 Å². The highest BCUT2D eigenvalue weighted by molar-refractivity contribution is 6.20. The van der Waals surface area contributed by atoms with Gasteiger partial charge in [-0.1, -0.05) is 18.2 Å². The Morgan fingerprint density at radius 3 is 3.00 bits per heavy atom. The van der Waals surface area contributed by atoms with E-state index in [2.05, 4.69) is 11.3 Å². The van der Waals surface area contributed by atoms with Crippen molar-refractivity contribution in [2.45, 2.75) is 11.7 Å². The highest BCUT2D eigenvalue weighted by Gasteiger charge is 2.33. The molecule has 0 saturated carbocycles. The average Bonchev–Trinajstić information content (AvgIpc) is 2.68. The van der Waals surface area contributed by atoms with Crippen LogP contribution in [0.1, 0.15) is 0 Å². The molecule has 1 fully saturated rings. The van der Waals surface area contributed by atoms with Gasteiger partial charge in [0.05, 0.1) is 6.61 Å². The van der Waals surface area contributed by atoms with Crippen LogP contribution in [-0.2, 0) is 14.3 Å². The SMILES string of the molecule is C=CC(=O)OC(Cl)C1CO1. The highest BCUT2D eigenvalue weighted by atomic mass is 35.5. The fraction of sp³-hybridized carbons (Fsp3) is 0.500. The monoisotopic (exact) mass is 162 g/mol. The molecular formula is C6H7ClO3. The molecule has 0 amide bonds. The fourth-order valence-corrected chi connectivity index (χ4v) is 0.675. The van der Waals surface area contributed by atoms with Crippen LogP contribution in [0.4, 0.5) is 0 Å². The van der Waals surface area contributed by atoms with E-state index < -0.39 is 11.5 Å². The summed E-state index contributed by atoms with van der Waals surface area (Å²) in [5.41, 5.74) is -0.662. The summed E-state index contributed by atoms with van der Waals surface area (Å²) in [6, 6.07) is 0. The minimum atomic E-state index is -0.662. The second-order valence-electron chi connectivity index (χ2n) is 1.86. The van der Waals surface area contributed by atoms with Crippen molar-refractivity contribution in [3.05, 3.63) is 12.7 Å². The molecule has 0 N–H and O–H groups in total. The maximum atomic E-state index is 10.5. The molecule has 0 aromatic carbocycles. The average molecular weight is 163 g/mol. The molecule has 3 nitrogen and oxygen atoms in total. The zero-order valence-electron chi connectivity index (χ0n) is 5.25. The number of epoxide rings is 1. The Bertz CT molecular complexity index is 153. The van der Waals surface area contributed by atoms with Gasteiger partial charge in [0.15, 0.2) is 0 Å². The Hall–Kier alpha value is -0.540. The molecule has 2 unspecified atom stereocenters. The zero-order chi connectivity index (χ0) is 7.56. The van der Waals surface area contributed by atoms with Crippen LogP contribution >= 0.6 is 11.6 Å². The van der Waals surface area contributed by atoms with Gasteiger partial charge in [-0.15, -0.1) is 0 Å². The van der Waals surface area contributed by atoms with E-state index in [1.807, 2.05) is 0 Å². The predicted octanol–water partition coefficient (Wildman–Crippen LogP) is 0.679. The van der Waals surface area contributed by atoms with Crippen molar-refractivity contribution < 1.29 is 14.3 Å². The van der Waals surface area contributed by atoms with Gasteiger partial charge in [-0.3, -0.25) is 0 Å². The van der Waals surface area contributed by atoms with Crippen LogP contribution in [0.3, 0.4) is 0 Å². The first kappa shape index (κ1) is 7.57. The summed E-state index contributed by atoms with van der Waals surface area (Å²) < 4.78 is 9.38. The molecule has 1 heterocycles.